The van der Waals surface area contributed by atoms with E-state index in [9.17, 15) is 3.10 Å². The van der Waals surface area contributed by atoms with E-state index in [0.717, 1.165) is 0 Å². The van der Waals surface area contributed by atoms with Crippen molar-refractivity contribution in [2.75, 3.05) is 0 Å². The molecule has 0 atom stereocenters. The molecule has 0 aliphatic rings. The van der Waals surface area contributed by atoms with E-state index in [1.54, 1.807) is 0 Å². The summed E-state index contributed by atoms with van der Waals surface area (Å²) in [5, 5.41) is 0. The molecule has 6 heavy (non-hydrogen) atoms. The molecule has 0 aliphatic heterocycles. The Morgan fingerprint density at radius 1 is 1.33 bits per heavy atom. The van der Waals surface area contributed by atoms with Gasteiger partial charge in [0, 0.05) is 0 Å². The van der Waals surface area contributed by atoms with E-state index < -0.39 is 19.5 Å². The molecule has 0 aromatic carbocycles. The van der Waals surface area contributed by atoms with Crippen LogP contribution < -0.4 is 0 Å². The predicted octanol–water partition coefficient (Wildman–Crippen LogP) is 0.859. The normalized spacial score (nSPS) is 8.17. The van der Waals surface area contributed by atoms with Gasteiger partial charge < -0.3 is 0 Å². The van der Waals surface area contributed by atoms with E-state index in [0.29, 0.717) is 0 Å². The fourth-order valence-electron chi connectivity index (χ4n) is 0.0680. The van der Waals surface area contributed by atoms with E-state index in [1.165, 1.54) is 8.25 Å². The first-order chi connectivity index (χ1) is 2.81. The van der Waals surface area contributed by atoms with Gasteiger partial charge in [-0.05, 0) is 0 Å². The van der Waals surface area contributed by atoms with Crippen molar-refractivity contribution in [3.05, 3.63) is 21.4 Å². The van der Waals surface area contributed by atoms with Crippen LogP contribution in [0.2, 0.25) is 0 Å². The third-order valence-electron chi connectivity index (χ3n) is 0.329. The summed E-state index contributed by atoms with van der Waals surface area (Å²) in [7, 11) is 0. The Labute approximate surface area is 44.4 Å². The summed E-state index contributed by atoms with van der Waals surface area (Å²) in [5.74, 6) is 0. The molecule has 0 N–H and O–H groups in total. The molecule has 0 aliphatic carbocycles. The van der Waals surface area contributed by atoms with Gasteiger partial charge in [0.15, 0.2) is 0 Å². The Morgan fingerprint density at radius 3 is 1.67 bits per heavy atom. The molecule has 2 heteroatoms. The molecular formula is C4H6OTe. The molecular weight excluding hydrogens is 192 g/mol. The molecule has 0 aromatic heterocycles. The molecule has 0 unspecified atom stereocenters. The van der Waals surface area contributed by atoms with Crippen LogP contribution in [0.4, 0.5) is 0 Å². The molecule has 0 aromatic rings. The molecule has 0 rings (SSSR count). The predicted molar refractivity (Wildman–Crippen MR) is 26.8 cm³/mol. The van der Waals surface area contributed by atoms with Crippen molar-refractivity contribution < 1.29 is 3.10 Å². The quantitative estimate of drug-likeness (QED) is 0.601. The average Bonchev–Trinajstić information content (AvgIpc) is 1.65. The van der Waals surface area contributed by atoms with Crippen molar-refractivity contribution >= 4 is 19.5 Å². The fourth-order valence-corrected chi connectivity index (χ4v) is 0.456. The van der Waals surface area contributed by atoms with Gasteiger partial charge in [-0.25, -0.2) is 0 Å². The van der Waals surface area contributed by atoms with Crippen LogP contribution in [0.15, 0.2) is 21.4 Å². The minimum atomic E-state index is -2.13. The third kappa shape index (κ3) is 2.32. The van der Waals surface area contributed by atoms with Crippen LogP contribution >= 0.6 is 0 Å². The van der Waals surface area contributed by atoms with Gasteiger partial charge in [0.05, 0.1) is 0 Å². The van der Waals surface area contributed by atoms with Crippen molar-refractivity contribution in [2.45, 2.75) is 0 Å². The standard InChI is InChI=1S/C4H6OTe/c1-3-6(5)4-2/h3-4H,1-2H2. The average molecular weight is 198 g/mol. The Balaban J connectivity index is 3.52. The molecule has 0 saturated heterocycles. The summed E-state index contributed by atoms with van der Waals surface area (Å²) in [4.78, 5) is 0. The number of hydrogen-bond acceptors (Lipinski definition) is 1. The Hall–Kier alpha value is 0.0696. The zero-order chi connectivity index (χ0) is 4.99. The van der Waals surface area contributed by atoms with Crippen LogP contribution in [0.3, 0.4) is 0 Å². The van der Waals surface area contributed by atoms with Crippen LogP contribution in [-0.4, -0.2) is 19.5 Å². The van der Waals surface area contributed by atoms with Gasteiger partial charge in [0.2, 0.25) is 0 Å². The van der Waals surface area contributed by atoms with Crippen LogP contribution in [-0.2, 0) is 3.10 Å². The number of rotatable bonds is 2. The summed E-state index contributed by atoms with van der Waals surface area (Å²) < 4.78 is 13.1. The summed E-state index contributed by atoms with van der Waals surface area (Å²) in [5.41, 5.74) is 0. The van der Waals surface area contributed by atoms with Crippen molar-refractivity contribution in [1.82, 2.24) is 0 Å². The minimum absolute atomic E-state index is 1.47. The van der Waals surface area contributed by atoms with Crippen LogP contribution in [0.5, 0.6) is 0 Å². The van der Waals surface area contributed by atoms with Crippen LogP contribution in [0, 0.1) is 0 Å². The second kappa shape index (κ2) is 3.27. The topological polar surface area (TPSA) is 17.1 Å². The van der Waals surface area contributed by atoms with Gasteiger partial charge in [-0.15, -0.1) is 0 Å². The second-order valence-corrected chi connectivity index (χ2v) is 4.44. The molecule has 0 heterocycles. The van der Waals surface area contributed by atoms with E-state index in [1.807, 2.05) is 0 Å². The maximum absolute atomic E-state index is 10.2. The molecule has 0 amide bonds. The zero-order valence-corrected chi connectivity index (χ0v) is 5.72. The second-order valence-electron chi connectivity index (χ2n) is 0.662. The third-order valence-corrected chi connectivity index (χ3v) is 2.20. The van der Waals surface area contributed by atoms with Gasteiger partial charge in [-0.2, -0.15) is 0 Å². The summed E-state index contributed by atoms with van der Waals surface area (Å²) in [6.07, 6.45) is 0. The Morgan fingerprint density at radius 2 is 1.67 bits per heavy atom. The first-order valence-electron chi connectivity index (χ1n) is 1.45. The van der Waals surface area contributed by atoms with Crippen molar-refractivity contribution in [3.63, 3.8) is 0 Å². The molecule has 0 saturated carbocycles. The summed E-state index contributed by atoms with van der Waals surface area (Å²) in [6.45, 7) is 6.65. The van der Waals surface area contributed by atoms with E-state index in [-0.39, 0.29) is 0 Å². The Kier molecular flexibility index (Phi) is 3.30. The van der Waals surface area contributed by atoms with E-state index >= 15 is 0 Å². The van der Waals surface area contributed by atoms with Crippen molar-refractivity contribution in [1.29, 1.82) is 0 Å². The SMILES string of the molecule is C=C[Te](=O)C=C. The van der Waals surface area contributed by atoms with Crippen molar-refractivity contribution in [2.24, 2.45) is 0 Å². The monoisotopic (exact) mass is 200 g/mol. The summed E-state index contributed by atoms with van der Waals surface area (Å²) >= 11 is -2.13. The van der Waals surface area contributed by atoms with E-state index in [4.69, 9.17) is 0 Å². The number of hydrogen-bond donors (Lipinski definition) is 0. The molecule has 0 radical (unpaired) electrons. The van der Waals surface area contributed by atoms with Crippen molar-refractivity contribution in [3.8, 4) is 0 Å². The summed E-state index contributed by atoms with van der Waals surface area (Å²) in [6, 6.07) is 0. The molecule has 0 fully saturated rings. The van der Waals surface area contributed by atoms with Gasteiger partial charge in [-0.1, -0.05) is 0 Å². The molecule has 34 valence electrons. The van der Waals surface area contributed by atoms with Gasteiger partial charge in [0.1, 0.15) is 0 Å². The first-order valence-corrected chi connectivity index (χ1v) is 5.10. The fraction of sp³-hybridized carbons (Fsp3) is 0. The van der Waals surface area contributed by atoms with Gasteiger partial charge >= 0.3 is 44.0 Å². The molecule has 0 spiro atoms. The zero-order valence-electron chi connectivity index (χ0n) is 3.39. The molecule has 0 bridgehead atoms. The van der Waals surface area contributed by atoms with Crippen LogP contribution in [0.1, 0.15) is 0 Å². The maximum atomic E-state index is 10.2. The molecule has 1 nitrogen and oxygen atoms in total. The Bertz CT molecular complexity index is 75.5. The van der Waals surface area contributed by atoms with E-state index in [2.05, 4.69) is 13.2 Å². The van der Waals surface area contributed by atoms with Crippen LogP contribution in [0.25, 0.3) is 0 Å². The van der Waals surface area contributed by atoms with Gasteiger partial charge in [-0.3, -0.25) is 0 Å². The first kappa shape index (κ1) is 6.07. The van der Waals surface area contributed by atoms with Gasteiger partial charge in [0.25, 0.3) is 0 Å².